The Hall–Kier alpha value is -1.14. The van der Waals surface area contributed by atoms with E-state index in [-0.39, 0.29) is 12.0 Å². The van der Waals surface area contributed by atoms with E-state index in [9.17, 15) is 5.11 Å². The molecule has 2 heterocycles. The first kappa shape index (κ1) is 19.6. The van der Waals surface area contributed by atoms with Crippen molar-refractivity contribution in [1.82, 2.24) is 10.2 Å². The van der Waals surface area contributed by atoms with E-state index >= 15 is 0 Å². The van der Waals surface area contributed by atoms with Gasteiger partial charge in [-0.05, 0) is 57.4 Å². The molecule has 1 aromatic rings. The number of aliphatic hydroxyl groups excluding tert-OH is 1. The minimum absolute atomic E-state index is 0.176. The van der Waals surface area contributed by atoms with E-state index in [1.54, 1.807) is 0 Å². The molecule has 2 aliphatic rings. The normalized spacial score (nSPS) is 22.8. The number of likely N-dealkylation sites (tertiary alicyclic amines) is 1. The Morgan fingerprint density at radius 1 is 1.19 bits per heavy atom. The topological polar surface area (TPSA) is 57.1 Å². The molecule has 1 aromatic carbocycles. The van der Waals surface area contributed by atoms with Crippen molar-refractivity contribution in [2.24, 2.45) is 5.16 Å². The van der Waals surface area contributed by atoms with Gasteiger partial charge in [0.15, 0.2) is 5.17 Å². The summed E-state index contributed by atoms with van der Waals surface area (Å²) in [6.07, 6.45) is 4.95. The molecule has 0 bridgehead atoms. The van der Waals surface area contributed by atoms with Gasteiger partial charge in [-0.2, -0.15) is 0 Å². The molecule has 0 saturated carbocycles. The summed E-state index contributed by atoms with van der Waals surface area (Å²) < 4.78 is 0. The van der Waals surface area contributed by atoms with E-state index < -0.39 is 6.10 Å². The van der Waals surface area contributed by atoms with Gasteiger partial charge in [0.1, 0.15) is 12.7 Å². The van der Waals surface area contributed by atoms with Gasteiger partial charge in [0.25, 0.3) is 0 Å². The first-order valence-corrected chi connectivity index (χ1v) is 10.1. The minimum Gasteiger partial charge on any atom is -0.392 e. The lowest BCUT2D eigenvalue weighted by Crippen LogP contribution is -2.44. The van der Waals surface area contributed by atoms with Crippen LogP contribution in [-0.4, -0.2) is 60.6 Å². The number of nitrogens with one attached hydrogen (secondary N) is 1. The van der Waals surface area contributed by atoms with Crippen LogP contribution >= 0.6 is 11.6 Å². The monoisotopic (exact) mass is 379 g/mol. The van der Waals surface area contributed by atoms with Crippen molar-refractivity contribution in [1.29, 1.82) is 0 Å². The van der Waals surface area contributed by atoms with Crippen molar-refractivity contribution in [3.05, 3.63) is 35.9 Å². The lowest BCUT2D eigenvalue weighted by molar-refractivity contribution is 0.0154. The standard InChI is InChI=1S/C20H30ClN3O2/c21-19(23-26-16-18(25)15-24-13-5-2-6-14-24)20(9-11-22-12-10-20)17-7-3-1-4-8-17/h1,3-4,7-8,18,22,25H,2,5-6,9-16H2/b23-19-. The number of hydrogen-bond acceptors (Lipinski definition) is 5. The Balaban J connectivity index is 1.59. The molecule has 6 heteroatoms. The molecular formula is C20H30ClN3O2. The second-order valence-electron chi connectivity index (χ2n) is 7.39. The van der Waals surface area contributed by atoms with Crippen molar-refractivity contribution in [3.8, 4) is 0 Å². The van der Waals surface area contributed by atoms with Crippen molar-refractivity contribution in [2.45, 2.75) is 43.6 Å². The van der Waals surface area contributed by atoms with E-state index in [1.165, 1.54) is 24.8 Å². The van der Waals surface area contributed by atoms with Gasteiger partial charge in [0.2, 0.25) is 0 Å². The second kappa shape index (κ2) is 9.70. The maximum absolute atomic E-state index is 10.2. The van der Waals surface area contributed by atoms with E-state index in [0.29, 0.717) is 11.7 Å². The Bertz CT molecular complexity index is 570. The molecule has 1 unspecified atom stereocenters. The zero-order valence-electron chi connectivity index (χ0n) is 15.4. The van der Waals surface area contributed by atoms with Crippen molar-refractivity contribution in [3.63, 3.8) is 0 Å². The summed E-state index contributed by atoms with van der Waals surface area (Å²) in [6, 6.07) is 10.3. The summed E-state index contributed by atoms with van der Waals surface area (Å²) in [6.45, 7) is 4.74. The molecule has 2 aliphatic heterocycles. The molecule has 0 aromatic heterocycles. The summed E-state index contributed by atoms with van der Waals surface area (Å²) in [5, 5.41) is 18.3. The second-order valence-corrected chi connectivity index (χ2v) is 7.75. The number of aliphatic hydroxyl groups is 1. The number of hydrogen-bond donors (Lipinski definition) is 2. The molecule has 0 aliphatic carbocycles. The van der Waals surface area contributed by atoms with Crippen LogP contribution in [0.2, 0.25) is 0 Å². The van der Waals surface area contributed by atoms with Crippen LogP contribution in [0.1, 0.15) is 37.7 Å². The smallest absolute Gasteiger partial charge is 0.156 e. The predicted octanol–water partition coefficient (Wildman–Crippen LogP) is 2.72. The van der Waals surface area contributed by atoms with Gasteiger partial charge in [0, 0.05) is 6.54 Å². The van der Waals surface area contributed by atoms with Crippen LogP contribution in [0.3, 0.4) is 0 Å². The summed E-state index contributed by atoms with van der Waals surface area (Å²) >= 11 is 6.63. The fraction of sp³-hybridized carbons (Fsp3) is 0.650. The van der Waals surface area contributed by atoms with Crippen molar-refractivity contribution in [2.75, 3.05) is 39.3 Å². The van der Waals surface area contributed by atoms with Crippen molar-refractivity contribution < 1.29 is 9.94 Å². The lowest BCUT2D eigenvalue weighted by atomic mass is 9.74. The summed E-state index contributed by atoms with van der Waals surface area (Å²) in [5.41, 5.74) is 0.874. The molecule has 2 fully saturated rings. The predicted molar refractivity (Wildman–Crippen MR) is 106 cm³/mol. The first-order valence-electron chi connectivity index (χ1n) is 9.73. The number of nitrogens with zero attached hydrogens (tertiary/aromatic N) is 2. The zero-order valence-corrected chi connectivity index (χ0v) is 16.1. The number of β-amino-alcohol motifs (C(OH)–C–C–N with tert-alkyl or cyclic N) is 1. The van der Waals surface area contributed by atoms with Crippen LogP contribution < -0.4 is 5.32 Å². The number of piperidine rings is 2. The van der Waals surface area contributed by atoms with Crippen LogP contribution in [0.5, 0.6) is 0 Å². The van der Waals surface area contributed by atoms with E-state index in [2.05, 4.69) is 27.5 Å². The molecule has 3 rings (SSSR count). The molecule has 0 amide bonds. The largest absolute Gasteiger partial charge is 0.392 e. The Kier molecular flexibility index (Phi) is 7.32. The number of benzene rings is 1. The Morgan fingerprint density at radius 3 is 2.58 bits per heavy atom. The van der Waals surface area contributed by atoms with Gasteiger partial charge in [-0.25, -0.2) is 0 Å². The Labute approximate surface area is 161 Å². The molecular weight excluding hydrogens is 350 g/mol. The summed E-state index contributed by atoms with van der Waals surface area (Å²) in [4.78, 5) is 7.75. The third-order valence-electron chi connectivity index (χ3n) is 5.51. The van der Waals surface area contributed by atoms with Crippen LogP contribution in [-0.2, 0) is 10.3 Å². The van der Waals surface area contributed by atoms with Gasteiger partial charge in [-0.1, -0.05) is 53.5 Å². The highest BCUT2D eigenvalue weighted by Gasteiger charge is 2.39. The maximum Gasteiger partial charge on any atom is 0.156 e. The highest BCUT2D eigenvalue weighted by atomic mass is 35.5. The van der Waals surface area contributed by atoms with Crippen LogP contribution in [0.15, 0.2) is 35.5 Å². The van der Waals surface area contributed by atoms with Gasteiger partial charge in [-0.3, -0.25) is 0 Å². The van der Waals surface area contributed by atoms with E-state index in [0.717, 1.165) is 39.0 Å². The first-order chi connectivity index (χ1) is 12.7. The quantitative estimate of drug-likeness (QED) is 0.565. The molecule has 0 radical (unpaired) electrons. The summed E-state index contributed by atoms with van der Waals surface area (Å²) in [7, 11) is 0. The third kappa shape index (κ3) is 4.97. The van der Waals surface area contributed by atoms with E-state index in [1.807, 2.05) is 18.2 Å². The molecule has 144 valence electrons. The molecule has 2 saturated heterocycles. The van der Waals surface area contributed by atoms with Gasteiger partial charge in [-0.15, -0.1) is 0 Å². The molecule has 2 N–H and O–H groups in total. The average Bonchev–Trinajstić information content (AvgIpc) is 2.70. The highest BCUT2D eigenvalue weighted by molar-refractivity contribution is 6.67. The molecule has 5 nitrogen and oxygen atoms in total. The fourth-order valence-electron chi connectivity index (χ4n) is 3.98. The van der Waals surface area contributed by atoms with Gasteiger partial charge < -0.3 is 20.2 Å². The van der Waals surface area contributed by atoms with Gasteiger partial charge >= 0.3 is 0 Å². The zero-order chi connectivity index (χ0) is 18.2. The minimum atomic E-state index is -0.540. The van der Waals surface area contributed by atoms with Crippen LogP contribution in [0, 0.1) is 0 Å². The van der Waals surface area contributed by atoms with Crippen molar-refractivity contribution >= 4 is 16.8 Å². The van der Waals surface area contributed by atoms with E-state index in [4.69, 9.17) is 16.4 Å². The Morgan fingerprint density at radius 2 is 1.88 bits per heavy atom. The molecule has 1 atom stereocenters. The SMILES string of the molecule is OC(CO/N=C(\Cl)C1(c2ccccc2)CCNCC1)CN1CCCCC1. The van der Waals surface area contributed by atoms with Crippen LogP contribution in [0.25, 0.3) is 0 Å². The molecule has 0 spiro atoms. The number of oxime groups is 1. The number of rotatable bonds is 7. The number of halogens is 1. The van der Waals surface area contributed by atoms with Crippen LogP contribution in [0.4, 0.5) is 0 Å². The van der Waals surface area contributed by atoms with Gasteiger partial charge in [0.05, 0.1) is 5.41 Å². The lowest BCUT2D eigenvalue weighted by Gasteiger charge is -2.36. The highest BCUT2D eigenvalue weighted by Crippen LogP contribution is 2.36. The molecule has 26 heavy (non-hydrogen) atoms. The maximum atomic E-state index is 10.2. The average molecular weight is 380 g/mol. The third-order valence-corrected chi connectivity index (χ3v) is 5.94. The fourth-order valence-corrected chi connectivity index (χ4v) is 4.33. The summed E-state index contributed by atoms with van der Waals surface area (Å²) in [5.74, 6) is 0.